The van der Waals surface area contributed by atoms with Gasteiger partial charge in [-0.15, -0.1) is 5.10 Å². The quantitative estimate of drug-likeness (QED) is 0.231. The summed E-state index contributed by atoms with van der Waals surface area (Å²) in [5.74, 6) is -1.00. The lowest BCUT2D eigenvalue weighted by molar-refractivity contribution is 0.0462. The number of ether oxygens (including phenoxy) is 1. The Labute approximate surface area is 204 Å². The van der Waals surface area contributed by atoms with Crippen LogP contribution in [-0.2, 0) is 4.74 Å². The molecule has 0 radical (unpaired) electrons. The molecule has 6 nitrogen and oxygen atoms in total. The zero-order valence-corrected chi connectivity index (χ0v) is 19.5. The minimum atomic E-state index is -0.829. The van der Waals surface area contributed by atoms with Crippen molar-refractivity contribution in [3.05, 3.63) is 98.7 Å². The van der Waals surface area contributed by atoms with Crippen LogP contribution >= 0.6 is 34.8 Å². The SMILES string of the molecule is Cc1ccc(-n2nc(C(=O)OCC(=O)c3ccc(Cl)cc3)nc2-c2ccc(Cl)cc2)cc1Cl. The molecule has 4 rings (SSSR count). The van der Waals surface area contributed by atoms with Crippen molar-refractivity contribution in [3.63, 3.8) is 0 Å². The molecule has 3 aromatic carbocycles. The number of nitrogens with zero attached hydrogens (tertiary/aromatic N) is 3. The van der Waals surface area contributed by atoms with Gasteiger partial charge in [-0.2, -0.15) is 0 Å². The maximum Gasteiger partial charge on any atom is 0.378 e. The smallest absolute Gasteiger partial charge is 0.378 e. The van der Waals surface area contributed by atoms with Gasteiger partial charge < -0.3 is 4.74 Å². The molecule has 0 saturated carbocycles. The van der Waals surface area contributed by atoms with Crippen molar-refractivity contribution in [1.29, 1.82) is 0 Å². The second-order valence-electron chi connectivity index (χ2n) is 7.12. The van der Waals surface area contributed by atoms with E-state index in [4.69, 9.17) is 39.5 Å². The van der Waals surface area contributed by atoms with E-state index >= 15 is 0 Å². The topological polar surface area (TPSA) is 74.1 Å². The number of Topliss-reactive ketones (excluding diaryl/α,β-unsaturated/α-hetero) is 1. The molecule has 0 fully saturated rings. The summed E-state index contributed by atoms with van der Waals surface area (Å²) in [4.78, 5) is 29.3. The molecule has 9 heteroatoms. The monoisotopic (exact) mass is 499 g/mol. The fourth-order valence-electron chi connectivity index (χ4n) is 2.99. The average Bonchev–Trinajstić information content (AvgIpc) is 3.25. The van der Waals surface area contributed by atoms with Crippen LogP contribution in [0, 0.1) is 6.92 Å². The second-order valence-corrected chi connectivity index (χ2v) is 8.40. The van der Waals surface area contributed by atoms with E-state index in [1.807, 2.05) is 19.1 Å². The van der Waals surface area contributed by atoms with Crippen LogP contribution in [0.3, 0.4) is 0 Å². The molecule has 0 N–H and O–H groups in total. The molecular weight excluding hydrogens is 485 g/mol. The summed E-state index contributed by atoms with van der Waals surface area (Å²) in [6, 6.07) is 18.6. The molecule has 0 atom stereocenters. The molecular formula is C24H16Cl3N3O3. The predicted octanol–water partition coefficient (Wildman–Crippen LogP) is 6.24. The number of carbonyl (C=O) groups excluding carboxylic acids is 2. The number of halogens is 3. The maximum absolute atomic E-state index is 12.7. The number of esters is 1. The Morgan fingerprint density at radius 1 is 0.909 bits per heavy atom. The van der Waals surface area contributed by atoms with Crippen LogP contribution in [0.5, 0.6) is 0 Å². The third kappa shape index (κ3) is 5.25. The number of benzene rings is 3. The molecule has 0 saturated heterocycles. The lowest BCUT2D eigenvalue weighted by atomic mass is 10.1. The van der Waals surface area contributed by atoms with Crippen LogP contribution in [0.4, 0.5) is 0 Å². The minimum Gasteiger partial charge on any atom is -0.451 e. The molecule has 0 spiro atoms. The van der Waals surface area contributed by atoms with Crippen LogP contribution in [0.2, 0.25) is 15.1 Å². The molecule has 0 unspecified atom stereocenters. The lowest BCUT2D eigenvalue weighted by Gasteiger charge is -2.07. The van der Waals surface area contributed by atoms with Gasteiger partial charge in [0.25, 0.3) is 5.82 Å². The molecule has 4 aromatic rings. The molecule has 0 bridgehead atoms. The minimum absolute atomic E-state index is 0.194. The van der Waals surface area contributed by atoms with E-state index in [1.165, 1.54) is 4.68 Å². The zero-order chi connectivity index (χ0) is 23.5. The highest BCUT2D eigenvalue weighted by molar-refractivity contribution is 6.31. The lowest BCUT2D eigenvalue weighted by Crippen LogP contribution is -2.15. The van der Waals surface area contributed by atoms with Gasteiger partial charge in [-0.1, -0.05) is 40.9 Å². The van der Waals surface area contributed by atoms with Crippen LogP contribution in [0.25, 0.3) is 17.1 Å². The highest BCUT2D eigenvalue weighted by Crippen LogP contribution is 2.26. The van der Waals surface area contributed by atoms with E-state index in [1.54, 1.807) is 54.6 Å². The number of hydrogen-bond donors (Lipinski definition) is 0. The summed E-state index contributed by atoms with van der Waals surface area (Å²) in [7, 11) is 0. The van der Waals surface area contributed by atoms with E-state index in [0.717, 1.165) is 5.56 Å². The van der Waals surface area contributed by atoms with Crippen molar-refractivity contribution in [2.45, 2.75) is 6.92 Å². The molecule has 1 aromatic heterocycles. The Hall–Kier alpha value is -3.19. The Balaban J connectivity index is 1.63. The first-order chi connectivity index (χ1) is 15.8. The molecule has 0 aliphatic carbocycles. The van der Waals surface area contributed by atoms with Gasteiger partial charge in [0.15, 0.2) is 18.2 Å². The first-order valence-corrected chi connectivity index (χ1v) is 10.9. The first kappa shape index (κ1) is 23.0. The maximum atomic E-state index is 12.7. The van der Waals surface area contributed by atoms with Gasteiger partial charge in [-0.25, -0.2) is 14.5 Å². The summed E-state index contributed by atoms with van der Waals surface area (Å²) in [6.45, 7) is 1.43. The van der Waals surface area contributed by atoms with Crippen molar-refractivity contribution in [2.24, 2.45) is 0 Å². The fourth-order valence-corrected chi connectivity index (χ4v) is 3.42. The van der Waals surface area contributed by atoms with Gasteiger partial charge in [0.05, 0.1) is 5.69 Å². The number of rotatable bonds is 6. The highest BCUT2D eigenvalue weighted by Gasteiger charge is 2.21. The van der Waals surface area contributed by atoms with Crippen LogP contribution in [-0.4, -0.2) is 33.1 Å². The fraction of sp³-hybridized carbons (Fsp3) is 0.0833. The van der Waals surface area contributed by atoms with Crippen LogP contribution < -0.4 is 0 Å². The van der Waals surface area contributed by atoms with Crippen molar-refractivity contribution in [3.8, 4) is 17.1 Å². The number of carbonyl (C=O) groups is 2. The molecule has 1 heterocycles. The van der Waals surface area contributed by atoms with Crippen molar-refractivity contribution in [1.82, 2.24) is 14.8 Å². The van der Waals surface area contributed by atoms with Gasteiger partial charge in [-0.05, 0) is 73.2 Å². The average molecular weight is 501 g/mol. The Kier molecular flexibility index (Phi) is 6.79. The predicted molar refractivity (Wildman–Crippen MR) is 128 cm³/mol. The van der Waals surface area contributed by atoms with Gasteiger partial charge >= 0.3 is 5.97 Å². The molecule has 33 heavy (non-hydrogen) atoms. The largest absolute Gasteiger partial charge is 0.451 e. The normalized spacial score (nSPS) is 10.8. The number of aromatic nitrogens is 3. The molecule has 166 valence electrons. The van der Waals surface area contributed by atoms with E-state index in [2.05, 4.69) is 10.1 Å². The van der Waals surface area contributed by atoms with Gasteiger partial charge in [0.1, 0.15) is 0 Å². The summed E-state index contributed by atoms with van der Waals surface area (Å²) in [5.41, 5.74) is 2.56. The van der Waals surface area contributed by atoms with Crippen LogP contribution in [0.1, 0.15) is 26.5 Å². The van der Waals surface area contributed by atoms with E-state index in [9.17, 15) is 9.59 Å². The molecule has 0 amide bonds. The number of ketones is 1. The first-order valence-electron chi connectivity index (χ1n) is 9.77. The van der Waals surface area contributed by atoms with E-state index < -0.39 is 12.6 Å². The van der Waals surface area contributed by atoms with Gasteiger partial charge in [0, 0.05) is 26.2 Å². The highest BCUT2D eigenvalue weighted by atomic mass is 35.5. The van der Waals surface area contributed by atoms with Crippen molar-refractivity contribution >= 4 is 46.6 Å². The second kappa shape index (κ2) is 9.75. The number of aryl methyl sites for hydroxylation is 1. The van der Waals surface area contributed by atoms with E-state index in [0.29, 0.717) is 37.7 Å². The summed E-state index contributed by atoms with van der Waals surface area (Å²) < 4.78 is 6.66. The molecule has 0 aliphatic rings. The third-order valence-electron chi connectivity index (χ3n) is 4.79. The van der Waals surface area contributed by atoms with Gasteiger partial charge in [0.2, 0.25) is 0 Å². The Morgan fingerprint density at radius 3 is 2.18 bits per heavy atom. The summed E-state index contributed by atoms with van der Waals surface area (Å²) in [6.07, 6.45) is 0. The Morgan fingerprint density at radius 2 is 1.55 bits per heavy atom. The molecule has 0 aliphatic heterocycles. The zero-order valence-electron chi connectivity index (χ0n) is 17.3. The van der Waals surface area contributed by atoms with Crippen LogP contribution in [0.15, 0.2) is 66.7 Å². The number of hydrogen-bond acceptors (Lipinski definition) is 5. The summed E-state index contributed by atoms with van der Waals surface area (Å²) in [5, 5.41) is 5.93. The van der Waals surface area contributed by atoms with Crippen molar-refractivity contribution < 1.29 is 14.3 Å². The third-order valence-corrected chi connectivity index (χ3v) is 5.70. The van der Waals surface area contributed by atoms with E-state index in [-0.39, 0.29) is 11.6 Å². The van der Waals surface area contributed by atoms with Crippen molar-refractivity contribution in [2.75, 3.05) is 6.61 Å². The van der Waals surface area contributed by atoms with Gasteiger partial charge in [-0.3, -0.25) is 4.79 Å². The standard InChI is InChI=1S/C24H16Cl3N3O3/c1-14-2-11-19(12-20(14)27)30-23(16-5-9-18(26)10-6-16)28-22(29-30)24(32)33-13-21(31)15-3-7-17(25)8-4-15/h2-12H,13H2,1H3. The summed E-state index contributed by atoms with van der Waals surface area (Å²) >= 11 is 18.1. The Bertz CT molecular complexity index is 1330.